The number of nitrogens with one attached hydrogen (secondary N) is 1. The smallest absolute Gasteiger partial charge is 0.182 e. The number of aliphatic hydroxyl groups is 2. The van der Waals surface area contributed by atoms with E-state index < -0.39 is 0 Å². The van der Waals surface area contributed by atoms with Gasteiger partial charge in [0.05, 0.1) is 29.5 Å². The van der Waals surface area contributed by atoms with E-state index in [1.165, 1.54) is 22.7 Å². The van der Waals surface area contributed by atoms with Crippen LogP contribution in [-0.4, -0.2) is 34.0 Å². The molecule has 2 aromatic rings. The number of aliphatic hydroxyl groups excluding tert-OH is 2. The van der Waals surface area contributed by atoms with Crippen LogP contribution in [0.2, 0.25) is 0 Å². The average molecular weight is 287 g/mol. The maximum Gasteiger partial charge on any atom is 0.182 e. The molecule has 0 amide bonds. The van der Waals surface area contributed by atoms with Crippen molar-refractivity contribution in [2.24, 2.45) is 0 Å². The van der Waals surface area contributed by atoms with E-state index in [1.807, 2.05) is 12.2 Å². The summed E-state index contributed by atoms with van der Waals surface area (Å²) in [6.45, 7) is 1.75. The molecule has 0 aliphatic rings. The Morgan fingerprint density at radius 3 is 2.56 bits per heavy atom. The molecule has 0 aromatic carbocycles. The van der Waals surface area contributed by atoms with Crippen molar-refractivity contribution in [3.63, 3.8) is 0 Å². The van der Waals surface area contributed by atoms with E-state index >= 15 is 0 Å². The lowest BCUT2D eigenvalue weighted by Gasteiger charge is -1.93. The minimum Gasteiger partial charge on any atom is -0.390 e. The summed E-state index contributed by atoms with van der Waals surface area (Å²) in [6.07, 6.45) is 0. The monoisotopic (exact) mass is 287 g/mol. The van der Waals surface area contributed by atoms with Crippen LogP contribution < -0.4 is 5.32 Å². The molecule has 0 saturated heterocycles. The SMILES string of the molecule is C=O.CNc1nc(-c2sc(CO)nc2CO)cs1. The Bertz CT molecular complexity index is 498. The Morgan fingerprint density at radius 2 is 2.06 bits per heavy atom. The van der Waals surface area contributed by atoms with Gasteiger partial charge in [-0.1, -0.05) is 0 Å². The van der Waals surface area contributed by atoms with Gasteiger partial charge in [0.25, 0.3) is 0 Å². The van der Waals surface area contributed by atoms with Crippen molar-refractivity contribution in [3.8, 4) is 10.6 Å². The summed E-state index contributed by atoms with van der Waals surface area (Å²) in [5.74, 6) is 0. The molecule has 8 heteroatoms. The van der Waals surface area contributed by atoms with Gasteiger partial charge < -0.3 is 20.3 Å². The second-order valence-corrected chi connectivity index (χ2v) is 4.93. The van der Waals surface area contributed by atoms with E-state index in [0.717, 1.165) is 15.7 Å². The van der Waals surface area contributed by atoms with Gasteiger partial charge in [0.2, 0.25) is 0 Å². The summed E-state index contributed by atoms with van der Waals surface area (Å²) >= 11 is 2.85. The van der Waals surface area contributed by atoms with E-state index in [1.54, 1.807) is 7.05 Å². The Morgan fingerprint density at radius 1 is 1.33 bits per heavy atom. The van der Waals surface area contributed by atoms with E-state index in [2.05, 4.69) is 15.3 Å². The van der Waals surface area contributed by atoms with Crippen LogP contribution in [0.1, 0.15) is 10.7 Å². The van der Waals surface area contributed by atoms with Crippen molar-refractivity contribution in [1.29, 1.82) is 0 Å². The standard InChI is InChI=1S/C9H11N3O2S2.CH2O/c1-10-9-12-6(4-15-9)8-5(2-13)11-7(3-14)16-8;1-2/h4,13-14H,2-3H2,1H3,(H,10,12);1H2. The predicted octanol–water partition coefficient (Wildman–Crippen LogP) is 1.11. The molecule has 0 bridgehead atoms. The van der Waals surface area contributed by atoms with Crippen molar-refractivity contribution in [1.82, 2.24) is 9.97 Å². The molecule has 6 nitrogen and oxygen atoms in total. The molecule has 3 N–H and O–H groups in total. The maximum absolute atomic E-state index is 9.18. The highest BCUT2D eigenvalue weighted by Gasteiger charge is 2.14. The van der Waals surface area contributed by atoms with E-state index in [0.29, 0.717) is 10.7 Å². The molecule has 0 unspecified atom stereocenters. The summed E-state index contributed by atoms with van der Waals surface area (Å²) in [4.78, 5) is 17.3. The first kappa shape index (κ1) is 14.7. The summed E-state index contributed by atoms with van der Waals surface area (Å²) < 4.78 is 0. The Hall–Kier alpha value is -1.35. The Kier molecular flexibility index (Phi) is 5.86. The number of anilines is 1. The van der Waals surface area contributed by atoms with Crippen LogP contribution in [0.15, 0.2) is 5.38 Å². The molecule has 0 aliphatic heterocycles. The third kappa shape index (κ3) is 3.10. The number of thiazole rings is 2. The van der Waals surface area contributed by atoms with Crippen molar-refractivity contribution in [2.45, 2.75) is 13.2 Å². The van der Waals surface area contributed by atoms with E-state index in [4.69, 9.17) is 9.90 Å². The fourth-order valence-electron chi connectivity index (χ4n) is 1.27. The number of aromatic nitrogens is 2. The molecular formula is C10H13N3O3S2. The lowest BCUT2D eigenvalue weighted by molar-refractivity contribution is -0.0979. The normalized spacial score (nSPS) is 9.72. The second-order valence-electron chi connectivity index (χ2n) is 2.99. The number of nitrogens with zero attached hydrogens (tertiary/aromatic N) is 2. The minimum atomic E-state index is -0.141. The first-order valence-corrected chi connectivity index (χ1v) is 6.61. The van der Waals surface area contributed by atoms with Gasteiger partial charge >= 0.3 is 0 Å². The number of carbonyl (C=O) groups is 1. The Balaban J connectivity index is 0.000000771. The van der Waals surface area contributed by atoms with Crippen LogP contribution in [0, 0.1) is 0 Å². The summed E-state index contributed by atoms with van der Waals surface area (Å²) in [6, 6.07) is 0. The van der Waals surface area contributed by atoms with Gasteiger partial charge in [-0.2, -0.15) is 0 Å². The molecule has 98 valence electrons. The highest BCUT2D eigenvalue weighted by atomic mass is 32.1. The molecule has 0 atom stereocenters. The topological polar surface area (TPSA) is 95.3 Å². The van der Waals surface area contributed by atoms with Gasteiger partial charge in [-0.25, -0.2) is 9.97 Å². The van der Waals surface area contributed by atoms with Crippen molar-refractivity contribution < 1.29 is 15.0 Å². The molecule has 2 aromatic heterocycles. The highest BCUT2D eigenvalue weighted by molar-refractivity contribution is 7.16. The Labute approximate surface area is 112 Å². The highest BCUT2D eigenvalue weighted by Crippen LogP contribution is 2.32. The first-order chi connectivity index (χ1) is 8.78. The van der Waals surface area contributed by atoms with Gasteiger partial charge in [-0.05, 0) is 0 Å². The zero-order chi connectivity index (χ0) is 13.5. The second kappa shape index (κ2) is 7.17. The van der Waals surface area contributed by atoms with Crippen LogP contribution in [0.25, 0.3) is 10.6 Å². The van der Waals surface area contributed by atoms with Gasteiger partial charge in [0.15, 0.2) is 5.13 Å². The van der Waals surface area contributed by atoms with E-state index in [-0.39, 0.29) is 13.2 Å². The van der Waals surface area contributed by atoms with E-state index in [9.17, 15) is 5.11 Å². The molecule has 2 rings (SSSR count). The van der Waals surface area contributed by atoms with Crippen LogP contribution in [-0.2, 0) is 18.0 Å². The van der Waals surface area contributed by atoms with Crippen molar-refractivity contribution in [2.75, 3.05) is 12.4 Å². The largest absolute Gasteiger partial charge is 0.390 e. The molecule has 0 spiro atoms. The van der Waals surface area contributed by atoms with Crippen LogP contribution in [0.4, 0.5) is 5.13 Å². The number of hydrogen-bond acceptors (Lipinski definition) is 8. The molecule has 0 radical (unpaired) electrons. The minimum absolute atomic E-state index is 0.110. The molecular weight excluding hydrogens is 274 g/mol. The van der Waals surface area contributed by atoms with Gasteiger partial charge in [-0.15, -0.1) is 22.7 Å². The summed E-state index contributed by atoms with van der Waals surface area (Å²) in [5, 5.41) is 24.5. The lowest BCUT2D eigenvalue weighted by Crippen LogP contribution is -1.89. The average Bonchev–Trinajstić information content (AvgIpc) is 3.06. The fraction of sp³-hybridized carbons (Fsp3) is 0.300. The molecule has 0 saturated carbocycles. The van der Waals surface area contributed by atoms with Crippen molar-refractivity contribution >= 4 is 34.6 Å². The third-order valence-electron chi connectivity index (χ3n) is 1.98. The van der Waals surface area contributed by atoms with Crippen LogP contribution in [0.3, 0.4) is 0 Å². The summed E-state index contributed by atoms with van der Waals surface area (Å²) in [7, 11) is 1.81. The molecule has 0 fully saturated rings. The molecule has 0 aliphatic carbocycles. The lowest BCUT2D eigenvalue weighted by atomic mass is 10.3. The van der Waals surface area contributed by atoms with Crippen LogP contribution in [0.5, 0.6) is 0 Å². The number of carbonyl (C=O) groups excluding carboxylic acids is 1. The zero-order valence-electron chi connectivity index (χ0n) is 9.71. The first-order valence-electron chi connectivity index (χ1n) is 4.91. The van der Waals surface area contributed by atoms with Crippen LogP contribution >= 0.6 is 22.7 Å². The third-order valence-corrected chi connectivity index (χ3v) is 3.94. The number of rotatable bonds is 4. The summed E-state index contributed by atoms with van der Waals surface area (Å²) in [5.41, 5.74) is 1.36. The molecule has 18 heavy (non-hydrogen) atoms. The van der Waals surface area contributed by atoms with Gasteiger partial charge in [-0.3, -0.25) is 0 Å². The quantitative estimate of drug-likeness (QED) is 0.779. The van der Waals surface area contributed by atoms with Crippen molar-refractivity contribution in [3.05, 3.63) is 16.1 Å². The number of hydrogen-bond donors (Lipinski definition) is 3. The van der Waals surface area contributed by atoms with Gasteiger partial charge in [0.1, 0.15) is 11.8 Å². The van der Waals surface area contributed by atoms with Gasteiger partial charge in [0, 0.05) is 12.4 Å². The predicted molar refractivity (Wildman–Crippen MR) is 71.7 cm³/mol. The fourth-order valence-corrected chi connectivity index (χ4v) is 2.90. The maximum atomic E-state index is 9.18. The zero-order valence-corrected chi connectivity index (χ0v) is 11.3. The molecule has 2 heterocycles.